The molecule has 11 heteroatoms. The number of carbonyl (C=O) groups excluding carboxylic acids is 1. The molecule has 0 atom stereocenters. The molecule has 0 fully saturated rings. The number of methoxy groups -OCH3 is 1. The molecule has 2 aromatic heterocycles. The van der Waals surface area contributed by atoms with Gasteiger partial charge in [0, 0.05) is 0 Å². The van der Waals surface area contributed by atoms with Gasteiger partial charge in [0.1, 0.15) is 14.4 Å². The predicted molar refractivity (Wildman–Crippen MR) is 83.9 cm³/mol. The molecule has 0 aliphatic heterocycles. The van der Waals surface area contributed by atoms with Gasteiger partial charge < -0.3 is 4.74 Å². The third-order valence-corrected chi connectivity index (χ3v) is 5.56. The van der Waals surface area contributed by atoms with E-state index < -0.39 is 16.0 Å². The Morgan fingerprint density at radius 2 is 2.14 bits per heavy atom. The SMILES string of the molecule is COC(=O)c1sccc1S(=O)(=O)Nc1ncc(Br)nc1Br. The summed E-state index contributed by atoms with van der Waals surface area (Å²) in [7, 11) is -2.80. The van der Waals surface area contributed by atoms with E-state index in [9.17, 15) is 13.2 Å². The summed E-state index contributed by atoms with van der Waals surface area (Å²) >= 11 is 7.20. The first-order valence-corrected chi connectivity index (χ1v) is 9.16. The second kappa shape index (κ2) is 6.38. The lowest BCUT2D eigenvalue weighted by molar-refractivity contribution is 0.0602. The van der Waals surface area contributed by atoms with Crippen LogP contribution in [0.4, 0.5) is 5.82 Å². The van der Waals surface area contributed by atoms with Crippen molar-refractivity contribution in [3.63, 3.8) is 0 Å². The Hall–Kier alpha value is -1.04. The molecule has 0 spiro atoms. The number of rotatable bonds is 4. The fourth-order valence-corrected chi connectivity index (χ4v) is 4.74. The number of ether oxygens (including phenoxy) is 1. The minimum Gasteiger partial charge on any atom is -0.465 e. The number of aromatic nitrogens is 2. The minimum absolute atomic E-state index is 0.00815. The average molecular weight is 457 g/mol. The topological polar surface area (TPSA) is 98.2 Å². The predicted octanol–water partition coefficient (Wildman–Crippen LogP) is 2.65. The zero-order valence-electron chi connectivity index (χ0n) is 10.3. The Morgan fingerprint density at radius 3 is 2.76 bits per heavy atom. The minimum atomic E-state index is -3.98. The first-order valence-electron chi connectivity index (χ1n) is 5.22. The lowest BCUT2D eigenvalue weighted by Gasteiger charge is -2.08. The summed E-state index contributed by atoms with van der Waals surface area (Å²) in [6.07, 6.45) is 1.34. The number of thiophene rings is 1. The molecule has 7 nitrogen and oxygen atoms in total. The maximum absolute atomic E-state index is 12.3. The van der Waals surface area contributed by atoms with Crippen molar-refractivity contribution in [1.82, 2.24) is 9.97 Å². The number of carbonyl (C=O) groups is 1. The Balaban J connectivity index is 2.39. The van der Waals surface area contributed by atoms with Crippen LogP contribution in [-0.4, -0.2) is 31.5 Å². The van der Waals surface area contributed by atoms with Crippen molar-refractivity contribution >= 4 is 65.0 Å². The van der Waals surface area contributed by atoms with Gasteiger partial charge in [-0.3, -0.25) is 4.72 Å². The highest BCUT2D eigenvalue weighted by molar-refractivity contribution is 9.11. The summed E-state index contributed by atoms with van der Waals surface area (Å²) in [5.41, 5.74) is 0. The van der Waals surface area contributed by atoms with Crippen LogP contribution < -0.4 is 4.72 Å². The third kappa shape index (κ3) is 3.59. The van der Waals surface area contributed by atoms with E-state index in [1.54, 1.807) is 0 Å². The second-order valence-corrected chi connectivity index (χ2v) is 7.67. The Morgan fingerprint density at radius 1 is 1.43 bits per heavy atom. The molecule has 0 amide bonds. The fraction of sp³-hybridized carbons (Fsp3) is 0.100. The van der Waals surface area contributed by atoms with Crippen LogP contribution in [0.5, 0.6) is 0 Å². The summed E-state index contributed by atoms with van der Waals surface area (Å²) in [4.78, 5) is 19.3. The second-order valence-electron chi connectivity index (χ2n) is 3.54. The maximum Gasteiger partial charge on any atom is 0.349 e. The van der Waals surface area contributed by atoms with Crippen LogP contribution in [0.15, 0.2) is 31.7 Å². The van der Waals surface area contributed by atoms with Crippen molar-refractivity contribution in [3.05, 3.63) is 31.7 Å². The van der Waals surface area contributed by atoms with Crippen LogP contribution in [0, 0.1) is 0 Å². The molecule has 0 aromatic carbocycles. The molecule has 112 valence electrons. The molecule has 0 bridgehead atoms. The van der Waals surface area contributed by atoms with E-state index in [0.29, 0.717) is 4.60 Å². The molecule has 21 heavy (non-hydrogen) atoms. The summed E-state index contributed by atoms with van der Waals surface area (Å²) in [6.45, 7) is 0. The van der Waals surface area contributed by atoms with Gasteiger partial charge in [-0.15, -0.1) is 11.3 Å². The Labute approximate surface area is 141 Å². The van der Waals surface area contributed by atoms with E-state index in [0.717, 1.165) is 11.3 Å². The number of sulfonamides is 1. The van der Waals surface area contributed by atoms with E-state index in [2.05, 4.69) is 51.3 Å². The number of hydrogen-bond acceptors (Lipinski definition) is 7. The van der Waals surface area contributed by atoms with Gasteiger partial charge >= 0.3 is 5.97 Å². The number of esters is 1. The van der Waals surface area contributed by atoms with E-state index in [-0.39, 0.29) is 20.2 Å². The largest absolute Gasteiger partial charge is 0.465 e. The molecule has 0 saturated heterocycles. The van der Waals surface area contributed by atoms with Crippen LogP contribution in [-0.2, 0) is 14.8 Å². The number of hydrogen-bond donors (Lipinski definition) is 1. The van der Waals surface area contributed by atoms with Crippen molar-refractivity contribution in [1.29, 1.82) is 0 Å². The molecule has 2 rings (SSSR count). The third-order valence-electron chi connectivity index (χ3n) is 2.22. The van der Waals surface area contributed by atoms with Gasteiger partial charge in [0.15, 0.2) is 10.4 Å². The van der Waals surface area contributed by atoms with Gasteiger partial charge in [-0.2, -0.15) is 0 Å². The first kappa shape index (κ1) is 16.3. The van der Waals surface area contributed by atoms with Crippen LogP contribution in [0.25, 0.3) is 0 Å². The average Bonchev–Trinajstić information content (AvgIpc) is 2.91. The number of halogens is 2. The van der Waals surface area contributed by atoms with Gasteiger partial charge in [-0.25, -0.2) is 23.2 Å². The number of nitrogens with one attached hydrogen (secondary N) is 1. The fourth-order valence-electron chi connectivity index (χ4n) is 1.35. The standard InChI is InChI=1S/C10H7Br2N3O4S2/c1-19-10(16)7-5(2-3-20-7)21(17,18)15-9-8(12)14-6(11)4-13-9/h2-4H,1H3,(H,13,15). The summed E-state index contributed by atoms with van der Waals surface area (Å²) in [5, 5.41) is 1.49. The van der Waals surface area contributed by atoms with Crippen molar-refractivity contribution in [2.24, 2.45) is 0 Å². The molecule has 0 saturated carbocycles. The Kier molecular flexibility index (Phi) is 4.96. The Bertz CT molecular complexity index is 791. The van der Waals surface area contributed by atoms with E-state index >= 15 is 0 Å². The normalized spacial score (nSPS) is 11.2. The summed E-state index contributed by atoms with van der Waals surface area (Å²) in [6, 6.07) is 1.32. The molecule has 2 aromatic rings. The summed E-state index contributed by atoms with van der Waals surface area (Å²) in [5.74, 6) is -0.702. The first-order chi connectivity index (χ1) is 9.85. The zero-order chi connectivity index (χ0) is 15.6. The van der Waals surface area contributed by atoms with Crippen LogP contribution >= 0.6 is 43.2 Å². The lowest BCUT2D eigenvalue weighted by atomic mass is 10.5. The lowest BCUT2D eigenvalue weighted by Crippen LogP contribution is -2.17. The zero-order valence-corrected chi connectivity index (χ0v) is 15.1. The van der Waals surface area contributed by atoms with Crippen LogP contribution in [0.2, 0.25) is 0 Å². The van der Waals surface area contributed by atoms with Crippen molar-refractivity contribution in [2.45, 2.75) is 4.90 Å². The molecule has 0 aliphatic rings. The van der Waals surface area contributed by atoms with E-state index in [4.69, 9.17) is 0 Å². The van der Waals surface area contributed by atoms with Gasteiger partial charge in [-0.05, 0) is 43.3 Å². The molecular formula is C10H7Br2N3O4S2. The molecule has 0 radical (unpaired) electrons. The van der Waals surface area contributed by atoms with Crippen molar-refractivity contribution < 1.29 is 17.9 Å². The molecule has 0 aliphatic carbocycles. The van der Waals surface area contributed by atoms with Gasteiger partial charge in [0.05, 0.1) is 13.3 Å². The highest BCUT2D eigenvalue weighted by atomic mass is 79.9. The van der Waals surface area contributed by atoms with Crippen LogP contribution in [0.3, 0.4) is 0 Å². The smallest absolute Gasteiger partial charge is 0.349 e. The molecule has 2 heterocycles. The van der Waals surface area contributed by atoms with Gasteiger partial charge in [-0.1, -0.05) is 0 Å². The molecule has 0 unspecified atom stereocenters. The van der Waals surface area contributed by atoms with E-state index in [1.807, 2.05) is 0 Å². The number of anilines is 1. The van der Waals surface area contributed by atoms with Crippen molar-refractivity contribution in [2.75, 3.05) is 11.8 Å². The number of nitrogens with zero attached hydrogens (tertiary/aromatic N) is 2. The molecular weight excluding hydrogens is 450 g/mol. The van der Waals surface area contributed by atoms with Crippen LogP contribution in [0.1, 0.15) is 9.67 Å². The molecule has 1 N–H and O–H groups in total. The van der Waals surface area contributed by atoms with Crippen molar-refractivity contribution in [3.8, 4) is 0 Å². The highest BCUT2D eigenvalue weighted by Gasteiger charge is 2.25. The summed E-state index contributed by atoms with van der Waals surface area (Å²) < 4.78 is 32.1. The monoisotopic (exact) mass is 455 g/mol. The highest BCUT2D eigenvalue weighted by Crippen LogP contribution is 2.27. The maximum atomic E-state index is 12.3. The quantitative estimate of drug-likeness (QED) is 0.710. The van der Waals surface area contributed by atoms with E-state index in [1.165, 1.54) is 24.8 Å². The van der Waals surface area contributed by atoms with Gasteiger partial charge in [0.2, 0.25) is 0 Å². The van der Waals surface area contributed by atoms with Gasteiger partial charge in [0.25, 0.3) is 10.0 Å².